The predicted octanol–water partition coefficient (Wildman–Crippen LogP) is 3.04. The summed E-state index contributed by atoms with van der Waals surface area (Å²) in [7, 11) is 0. The second-order valence-electron chi connectivity index (χ2n) is 5.56. The number of piperidine rings is 1. The molecule has 0 radical (unpaired) electrons. The van der Waals surface area contributed by atoms with E-state index in [0.29, 0.717) is 0 Å². The second kappa shape index (κ2) is 7.61. The van der Waals surface area contributed by atoms with Crippen molar-refractivity contribution in [2.24, 2.45) is 5.92 Å². The second-order valence-corrected chi connectivity index (χ2v) is 5.56. The Morgan fingerprint density at radius 1 is 1.32 bits per heavy atom. The monoisotopic (exact) mass is 264 g/mol. The smallest absolute Gasteiger partial charge is 0.123 e. The van der Waals surface area contributed by atoms with E-state index in [1.165, 1.54) is 18.9 Å². The summed E-state index contributed by atoms with van der Waals surface area (Å²) in [5, 5.41) is 3.41. The van der Waals surface area contributed by atoms with Gasteiger partial charge >= 0.3 is 0 Å². The molecule has 1 heterocycles. The molecule has 1 fully saturated rings. The molecule has 0 spiro atoms. The van der Waals surface area contributed by atoms with Crippen LogP contribution in [-0.4, -0.2) is 31.1 Å². The van der Waals surface area contributed by atoms with Crippen LogP contribution in [0, 0.1) is 11.7 Å². The van der Waals surface area contributed by atoms with Crippen LogP contribution in [0.4, 0.5) is 4.39 Å². The number of hydrogen-bond donors (Lipinski definition) is 1. The summed E-state index contributed by atoms with van der Waals surface area (Å²) in [4.78, 5) is 2.48. The van der Waals surface area contributed by atoms with Gasteiger partial charge in [-0.25, -0.2) is 4.39 Å². The van der Waals surface area contributed by atoms with E-state index in [-0.39, 0.29) is 5.82 Å². The Hall–Kier alpha value is -0.930. The number of nitrogens with zero attached hydrogens (tertiary/aromatic N) is 1. The zero-order chi connectivity index (χ0) is 13.5. The van der Waals surface area contributed by atoms with E-state index in [0.717, 1.165) is 50.6 Å². The van der Waals surface area contributed by atoms with Crippen molar-refractivity contribution in [1.29, 1.82) is 0 Å². The maximum absolute atomic E-state index is 13.2. The first-order valence-electron chi connectivity index (χ1n) is 7.45. The minimum absolute atomic E-state index is 0.129. The molecule has 19 heavy (non-hydrogen) atoms. The number of nitrogens with one attached hydrogen (secondary N) is 1. The van der Waals surface area contributed by atoms with Gasteiger partial charge in [-0.05, 0) is 62.5 Å². The summed E-state index contributed by atoms with van der Waals surface area (Å²) in [5.41, 5.74) is 1.09. The average molecular weight is 264 g/mol. The maximum Gasteiger partial charge on any atom is 0.123 e. The number of rotatable bonds is 6. The third kappa shape index (κ3) is 4.92. The van der Waals surface area contributed by atoms with Crippen LogP contribution in [0.2, 0.25) is 0 Å². The third-order valence-corrected chi connectivity index (χ3v) is 3.81. The predicted molar refractivity (Wildman–Crippen MR) is 77.6 cm³/mol. The van der Waals surface area contributed by atoms with Crippen LogP contribution < -0.4 is 5.32 Å². The molecule has 1 N–H and O–H groups in total. The van der Waals surface area contributed by atoms with Crippen LogP contribution in [0.5, 0.6) is 0 Å². The number of halogens is 1. The fraction of sp³-hybridized carbons (Fsp3) is 0.625. The maximum atomic E-state index is 13.2. The van der Waals surface area contributed by atoms with Crippen LogP contribution in [0.1, 0.15) is 31.7 Å². The van der Waals surface area contributed by atoms with Crippen LogP contribution >= 0.6 is 0 Å². The molecule has 2 nitrogen and oxygen atoms in total. The van der Waals surface area contributed by atoms with E-state index in [4.69, 9.17) is 0 Å². The lowest BCUT2D eigenvalue weighted by atomic mass is 9.97. The van der Waals surface area contributed by atoms with Crippen molar-refractivity contribution in [1.82, 2.24) is 10.2 Å². The Morgan fingerprint density at radius 3 is 2.79 bits per heavy atom. The van der Waals surface area contributed by atoms with Gasteiger partial charge in [0.1, 0.15) is 5.82 Å². The van der Waals surface area contributed by atoms with E-state index < -0.39 is 0 Å². The molecule has 0 saturated carbocycles. The lowest BCUT2D eigenvalue weighted by Crippen LogP contribution is -2.36. The van der Waals surface area contributed by atoms with Crippen LogP contribution in [0.15, 0.2) is 24.3 Å². The van der Waals surface area contributed by atoms with Gasteiger partial charge in [-0.3, -0.25) is 4.90 Å². The van der Waals surface area contributed by atoms with Crippen molar-refractivity contribution in [2.75, 3.05) is 26.2 Å². The Balaban J connectivity index is 1.91. The average Bonchev–Trinajstić information content (AvgIpc) is 2.40. The van der Waals surface area contributed by atoms with Crippen molar-refractivity contribution in [3.05, 3.63) is 35.6 Å². The quantitative estimate of drug-likeness (QED) is 0.849. The van der Waals surface area contributed by atoms with Crippen molar-refractivity contribution < 1.29 is 4.39 Å². The minimum atomic E-state index is -0.129. The molecular formula is C16H25FN2. The lowest BCUT2D eigenvalue weighted by molar-refractivity contribution is 0.198. The van der Waals surface area contributed by atoms with Gasteiger partial charge < -0.3 is 5.32 Å². The minimum Gasteiger partial charge on any atom is -0.317 e. The van der Waals surface area contributed by atoms with Gasteiger partial charge in [-0.2, -0.15) is 0 Å². The zero-order valence-corrected chi connectivity index (χ0v) is 11.9. The molecule has 0 amide bonds. The molecule has 1 aromatic carbocycles. The van der Waals surface area contributed by atoms with Crippen LogP contribution in [0.3, 0.4) is 0 Å². The molecule has 1 saturated heterocycles. The standard InChI is InChI=1S/C16H25FN2/c1-2-10-19(12-14-6-8-18-9-7-14)13-15-4-3-5-16(17)11-15/h3-5,11,14,18H,2,6-10,12-13H2,1H3. The molecule has 3 heteroatoms. The highest BCUT2D eigenvalue weighted by Crippen LogP contribution is 2.16. The molecule has 106 valence electrons. The van der Waals surface area contributed by atoms with Crippen LogP contribution in [0.25, 0.3) is 0 Å². The molecule has 0 atom stereocenters. The molecule has 0 aliphatic carbocycles. The fourth-order valence-electron chi connectivity index (χ4n) is 2.87. The molecule has 1 aliphatic heterocycles. The SMILES string of the molecule is CCCN(Cc1cccc(F)c1)CC1CCNCC1. The summed E-state index contributed by atoms with van der Waals surface area (Å²) in [5.74, 6) is 0.664. The van der Waals surface area contributed by atoms with E-state index in [1.54, 1.807) is 12.1 Å². The first kappa shape index (κ1) is 14.5. The molecule has 0 bridgehead atoms. The highest BCUT2D eigenvalue weighted by Gasteiger charge is 2.16. The first-order chi connectivity index (χ1) is 9.28. The Kier molecular flexibility index (Phi) is 5.80. The lowest BCUT2D eigenvalue weighted by Gasteiger charge is -2.30. The van der Waals surface area contributed by atoms with Gasteiger partial charge in [-0.1, -0.05) is 19.1 Å². The van der Waals surface area contributed by atoms with Gasteiger partial charge in [0, 0.05) is 13.1 Å². The van der Waals surface area contributed by atoms with Crippen molar-refractivity contribution >= 4 is 0 Å². The first-order valence-corrected chi connectivity index (χ1v) is 7.45. The summed E-state index contributed by atoms with van der Waals surface area (Å²) >= 11 is 0. The molecule has 2 rings (SSSR count). The van der Waals surface area contributed by atoms with E-state index >= 15 is 0 Å². The number of hydrogen-bond acceptors (Lipinski definition) is 2. The van der Waals surface area contributed by atoms with E-state index in [2.05, 4.69) is 17.1 Å². The van der Waals surface area contributed by atoms with Gasteiger partial charge in [-0.15, -0.1) is 0 Å². The van der Waals surface area contributed by atoms with Gasteiger partial charge in [0.15, 0.2) is 0 Å². The third-order valence-electron chi connectivity index (χ3n) is 3.81. The molecule has 1 aromatic rings. The highest BCUT2D eigenvalue weighted by molar-refractivity contribution is 5.16. The Morgan fingerprint density at radius 2 is 2.11 bits per heavy atom. The van der Waals surface area contributed by atoms with Gasteiger partial charge in [0.2, 0.25) is 0 Å². The zero-order valence-electron chi connectivity index (χ0n) is 11.9. The fourth-order valence-corrected chi connectivity index (χ4v) is 2.87. The van der Waals surface area contributed by atoms with Gasteiger partial charge in [0.05, 0.1) is 0 Å². The summed E-state index contributed by atoms with van der Waals surface area (Å²) in [6.45, 7) is 7.61. The summed E-state index contributed by atoms with van der Waals surface area (Å²) in [6.07, 6.45) is 3.69. The summed E-state index contributed by atoms with van der Waals surface area (Å²) in [6, 6.07) is 7.00. The van der Waals surface area contributed by atoms with Crippen molar-refractivity contribution in [2.45, 2.75) is 32.7 Å². The van der Waals surface area contributed by atoms with Gasteiger partial charge in [0.25, 0.3) is 0 Å². The molecule has 0 aromatic heterocycles. The van der Waals surface area contributed by atoms with E-state index in [1.807, 2.05) is 6.07 Å². The van der Waals surface area contributed by atoms with Crippen LogP contribution in [-0.2, 0) is 6.54 Å². The Labute approximate surface area is 116 Å². The molecule has 0 unspecified atom stereocenters. The van der Waals surface area contributed by atoms with Crippen molar-refractivity contribution in [3.63, 3.8) is 0 Å². The summed E-state index contributed by atoms with van der Waals surface area (Å²) < 4.78 is 13.2. The normalized spacial score (nSPS) is 17.0. The Bertz CT molecular complexity index is 375. The van der Waals surface area contributed by atoms with E-state index in [9.17, 15) is 4.39 Å². The van der Waals surface area contributed by atoms with Crippen molar-refractivity contribution in [3.8, 4) is 0 Å². The number of benzene rings is 1. The molecular weight excluding hydrogens is 239 g/mol. The highest BCUT2D eigenvalue weighted by atomic mass is 19.1. The topological polar surface area (TPSA) is 15.3 Å². The largest absolute Gasteiger partial charge is 0.317 e. The molecule has 1 aliphatic rings.